The highest BCUT2D eigenvalue weighted by Crippen LogP contribution is 2.15. The summed E-state index contributed by atoms with van der Waals surface area (Å²) in [6, 6.07) is 0. The van der Waals surface area contributed by atoms with Gasteiger partial charge in [-0.25, -0.2) is 0 Å². The minimum absolute atomic E-state index is 0.0891. The van der Waals surface area contributed by atoms with Gasteiger partial charge in [0.05, 0.1) is 0 Å². The van der Waals surface area contributed by atoms with Crippen LogP contribution in [0.4, 0.5) is 0 Å². The summed E-state index contributed by atoms with van der Waals surface area (Å²) in [5.41, 5.74) is 5.54. The minimum Gasteiger partial charge on any atom is -0.376 e. The van der Waals surface area contributed by atoms with E-state index < -0.39 is 0 Å². The quantitative estimate of drug-likeness (QED) is 0.618. The second kappa shape index (κ2) is 3.19. The van der Waals surface area contributed by atoms with Gasteiger partial charge in [-0.05, 0) is 32.5 Å². The first-order valence-corrected chi connectivity index (χ1v) is 3.86. The van der Waals surface area contributed by atoms with Crippen molar-refractivity contribution in [3.05, 3.63) is 0 Å². The summed E-state index contributed by atoms with van der Waals surface area (Å²) in [7, 11) is 1.92. The van der Waals surface area contributed by atoms with E-state index in [0.29, 0.717) is 5.11 Å². The Hall–Kier alpha value is -0.310. The van der Waals surface area contributed by atoms with Gasteiger partial charge in [-0.2, -0.15) is 0 Å². The largest absolute Gasteiger partial charge is 0.376 e. The van der Waals surface area contributed by atoms with Gasteiger partial charge in [0.25, 0.3) is 0 Å². The average Bonchev–Trinajstić information content (AvgIpc) is 1.86. The molecule has 0 amide bonds. The minimum atomic E-state index is 0.0891. The van der Waals surface area contributed by atoms with Gasteiger partial charge in [-0.3, -0.25) is 0 Å². The van der Waals surface area contributed by atoms with Gasteiger partial charge in [-0.1, -0.05) is 6.92 Å². The van der Waals surface area contributed by atoms with Crippen LogP contribution in [0, 0.1) is 0 Å². The van der Waals surface area contributed by atoms with Crippen LogP contribution in [0.1, 0.15) is 27.2 Å². The Labute approximate surface area is 68.4 Å². The lowest BCUT2D eigenvalue weighted by molar-refractivity contribution is 0.248. The fourth-order valence-electron chi connectivity index (χ4n) is 0.535. The number of rotatable bonds is 2. The van der Waals surface area contributed by atoms with Gasteiger partial charge >= 0.3 is 0 Å². The fraction of sp³-hybridized carbons (Fsp3) is 0.857. The van der Waals surface area contributed by atoms with Crippen molar-refractivity contribution in [2.24, 2.45) is 5.73 Å². The Morgan fingerprint density at radius 2 is 2.00 bits per heavy atom. The summed E-state index contributed by atoms with van der Waals surface area (Å²) in [6.45, 7) is 6.35. The Morgan fingerprint density at radius 1 is 1.60 bits per heavy atom. The van der Waals surface area contributed by atoms with E-state index in [4.69, 9.17) is 18.0 Å². The van der Waals surface area contributed by atoms with Crippen LogP contribution in [0.2, 0.25) is 0 Å². The van der Waals surface area contributed by atoms with Gasteiger partial charge in [0.1, 0.15) is 0 Å². The zero-order valence-corrected chi connectivity index (χ0v) is 7.96. The summed E-state index contributed by atoms with van der Waals surface area (Å²) in [5, 5.41) is 0.465. The average molecular weight is 160 g/mol. The molecule has 0 aromatic heterocycles. The van der Waals surface area contributed by atoms with Crippen molar-refractivity contribution in [1.82, 2.24) is 4.90 Å². The summed E-state index contributed by atoms with van der Waals surface area (Å²) in [4.78, 5) is 1.92. The highest BCUT2D eigenvalue weighted by Gasteiger charge is 2.21. The lowest BCUT2D eigenvalue weighted by Gasteiger charge is -2.35. The van der Waals surface area contributed by atoms with Gasteiger partial charge in [0.15, 0.2) is 5.11 Å². The number of nitrogens with zero attached hydrogens (tertiary/aromatic N) is 1. The van der Waals surface area contributed by atoms with Gasteiger partial charge in [-0.15, -0.1) is 0 Å². The molecule has 60 valence electrons. The Balaban J connectivity index is 4.17. The molecule has 0 saturated heterocycles. The molecule has 0 heterocycles. The molecule has 0 rings (SSSR count). The van der Waals surface area contributed by atoms with E-state index in [-0.39, 0.29) is 5.54 Å². The standard InChI is InChI=1S/C7H16N2S/c1-5-7(2,3)9(4)6(8)10/h5H2,1-4H3,(H2,8,10). The molecule has 3 heteroatoms. The molecule has 0 aromatic rings. The molecule has 0 atom stereocenters. The van der Waals surface area contributed by atoms with Gasteiger partial charge in [0.2, 0.25) is 0 Å². The molecule has 0 spiro atoms. The van der Waals surface area contributed by atoms with Crippen LogP contribution in [0.3, 0.4) is 0 Å². The predicted molar refractivity (Wildman–Crippen MR) is 48.9 cm³/mol. The molecule has 0 bridgehead atoms. The van der Waals surface area contributed by atoms with Crippen LogP contribution in [-0.4, -0.2) is 22.6 Å². The highest BCUT2D eigenvalue weighted by atomic mass is 32.1. The van der Waals surface area contributed by atoms with E-state index in [2.05, 4.69) is 20.8 Å². The fourth-order valence-corrected chi connectivity index (χ4v) is 0.783. The van der Waals surface area contributed by atoms with E-state index in [1.54, 1.807) is 0 Å². The Kier molecular flexibility index (Phi) is 3.09. The normalized spacial score (nSPS) is 11.2. The maximum absolute atomic E-state index is 5.46. The molecule has 0 saturated carbocycles. The molecule has 0 aromatic carbocycles. The lowest BCUT2D eigenvalue weighted by Crippen LogP contribution is -2.46. The summed E-state index contributed by atoms with van der Waals surface area (Å²) in [6.07, 6.45) is 1.04. The second-order valence-corrected chi connectivity index (χ2v) is 3.48. The summed E-state index contributed by atoms with van der Waals surface area (Å²) in [5.74, 6) is 0. The maximum Gasteiger partial charge on any atom is 0.166 e. The SMILES string of the molecule is CCC(C)(C)N(C)C(N)=S. The molecule has 0 fully saturated rings. The number of nitrogens with two attached hydrogens (primary N) is 1. The van der Waals surface area contributed by atoms with Gasteiger partial charge < -0.3 is 10.6 Å². The third-order valence-corrected chi connectivity index (χ3v) is 2.38. The summed E-state index contributed by atoms with van der Waals surface area (Å²) < 4.78 is 0. The third kappa shape index (κ3) is 2.14. The molecule has 0 unspecified atom stereocenters. The zero-order valence-electron chi connectivity index (χ0n) is 7.14. The highest BCUT2D eigenvalue weighted by molar-refractivity contribution is 7.80. The van der Waals surface area contributed by atoms with E-state index in [0.717, 1.165) is 6.42 Å². The van der Waals surface area contributed by atoms with E-state index in [9.17, 15) is 0 Å². The molecule has 2 N–H and O–H groups in total. The first kappa shape index (κ1) is 9.69. The van der Waals surface area contributed by atoms with E-state index in [1.165, 1.54) is 0 Å². The van der Waals surface area contributed by atoms with E-state index >= 15 is 0 Å². The second-order valence-electron chi connectivity index (χ2n) is 3.06. The lowest BCUT2D eigenvalue weighted by atomic mass is 10.0. The van der Waals surface area contributed by atoms with Crippen molar-refractivity contribution in [2.75, 3.05) is 7.05 Å². The molecule has 10 heavy (non-hydrogen) atoms. The first-order valence-electron chi connectivity index (χ1n) is 3.45. The van der Waals surface area contributed by atoms with E-state index in [1.807, 2.05) is 11.9 Å². The molecular formula is C7H16N2S. The van der Waals surface area contributed by atoms with Crippen molar-refractivity contribution in [3.8, 4) is 0 Å². The molecule has 2 nitrogen and oxygen atoms in total. The Bertz CT molecular complexity index is 132. The van der Waals surface area contributed by atoms with Crippen molar-refractivity contribution in [1.29, 1.82) is 0 Å². The zero-order chi connectivity index (χ0) is 8.36. The molecule has 0 aliphatic carbocycles. The molecular weight excluding hydrogens is 144 g/mol. The van der Waals surface area contributed by atoms with Crippen molar-refractivity contribution in [2.45, 2.75) is 32.7 Å². The van der Waals surface area contributed by atoms with Crippen LogP contribution < -0.4 is 5.73 Å². The van der Waals surface area contributed by atoms with Crippen molar-refractivity contribution in [3.63, 3.8) is 0 Å². The summed E-state index contributed by atoms with van der Waals surface area (Å²) >= 11 is 4.84. The van der Waals surface area contributed by atoms with Crippen LogP contribution in [0.5, 0.6) is 0 Å². The van der Waals surface area contributed by atoms with Crippen molar-refractivity contribution >= 4 is 17.3 Å². The Morgan fingerprint density at radius 3 is 2.10 bits per heavy atom. The predicted octanol–water partition coefficient (Wildman–Crippen LogP) is 1.35. The third-order valence-electron chi connectivity index (χ3n) is 2.10. The van der Waals surface area contributed by atoms with Crippen LogP contribution in [0.15, 0.2) is 0 Å². The van der Waals surface area contributed by atoms with Crippen LogP contribution >= 0.6 is 12.2 Å². The van der Waals surface area contributed by atoms with Crippen LogP contribution in [-0.2, 0) is 0 Å². The molecule has 0 radical (unpaired) electrons. The van der Waals surface area contributed by atoms with Crippen molar-refractivity contribution < 1.29 is 0 Å². The smallest absolute Gasteiger partial charge is 0.166 e. The topological polar surface area (TPSA) is 29.3 Å². The van der Waals surface area contributed by atoms with Gasteiger partial charge in [0, 0.05) is 12.6 Å². The first-order chi connectivity index (χ1) is 4.41. The monoisotopic (exact) mass is 160 g/mol. The van der Waals surface area contributed by atoms with Crippen LogP contribution in [0.25, 0.3) is 0 Å². The number of hydrogen-bond donors (Lipinski definition) is 1. The number of hydrogen-bond acceptors (Lipinski definition) is 1. The maximum atomic E-state index is 5.46. The molecule has 0 aliphatic rings. The molecule has 0 aliphatic heterocycles. The number of thiocarbonyl (C=S) groups is 1.